The van der Waals surface area contributed by atoms with E-state index < -0.39 is 0 Å². The van der Waals surface area contributed by atoms with Gasteiger partial charge in [0, 0.05) is 32.7 Å². The van der Waals surface area contributed by atoms with Crippen LogP contribution in [0.4, 0.5) is 10.2 Å². The van der Waals surface area contributed by atoms with Crippen molar-refractivity contribution < 1.29 is 9.13 Å². The Hall–Kier alpha value is -3.33. The Balaban J connectivity index is 0.00000408. The summed E-state index contributed by atoms with van der Waals surface area (Å²) >= 11 is 0. The van der Waals surface area contributed by atoms with Crippen molar-refractivity contribution in [1.82, 2.24) is 20.0 Å². The monoisotopic (exact) mass is 577 g/mol. The molecular formula is C24H29FIN7O. The second-order valence-electron chi connectivity index (χ2n) is 7.45. The smallest absolute Gasteiger partial charge is 0.193 e. The molecule has 0 radical (unpaired) electrons. The summed E-state index contributed by atoms with van der Waals surface area (Å²) in [6.07, 6.45) is 1.28. The van der Waals surface area contributed by atoms with Crippen molar-refractivity contribution in [1.29, 1.82) is 5.26 Å². The molecule has 8 nitrogen and oxygen atoms in total. The van der Waals surface area contributed by atoms with E-state index >= 15 is 0 Å². The normalized spacial score (nSPS) is 10.9. The van der Waals surface area contributed by atoms with Crippen LogP contribution in [0.15, 0.2) is 53.5 Å². The molecule has 1 aromatic heterocycles. The van der Waals surface area contributed by atoms with Crippen molar-refractivity contribution in [3.05, 3.63) is 71.2 Å². The number of para-hydroxylation sites is 1. The maximum absolute atomic E-state index is 13.2. The Morgan fingerprint density at radius 3 is 2.62 bits per heavy atom. The van der Waals surface area contributed by atoms with E-state index in [9.17, 15) is 9.65 Å². The number of guanidine groups is 1. The lowest BCUT2D eigenvalue weighted by Crippen LogP contribution is -2.39. The summed E-state index contributed by atoms with van der Waals surface area (Å²) < 4.78 is 20.1. The summed E-state index contributed by atoms with van der Waals surface area (Å²) in [5.41, 5.74) is 8.75. The Kier molecular flexibility index (Phi) is 10.1. The van der Waals surface area contributed by atoms with Crippen LogP contribution in [0.25, 0.3) is 5.69 Å². The highest BCUT2D eigenvalue weighted by Gasteiger charge is 2.16. The van der Waals surface area contributed by atoms with E-state index in [4.69, 9.17) is 10.5 Å². The molecule has 0 spiro atoms. The molecule has 34 heavy (non-hydrogen) atoms. The molecule has 0 saturated carbocycles. The van der Waals surface area contributed by atoms with Crippen LogP contribution in [-0.4, -0.2) is 48.4 Å². The number of halogens is 2. The second-order valence-corrected chi connectivity index (χ2v) is 7.45. The maximum atomic E-state index is 13.2. The number of nitrogen functional groups attached to an aromatic ring is 1. The molecule has 3 aromatic rings. The summed E-state index contributed by atoms with van der Waals surface area (Å²) in [6, 6.07) is 15.8. The molecule has 0 fully saturated rings. The first kappa shape index (κ1) is 26.9. The number of anilines is 1. The number of aryl methyl sites for hydroxylation is 1. The summed E-state index contributed by atoms with van der Waals surface area (Å²) in [4.78, 5) is 6.36. The molecule has 3 rings (SSSR count). The molecule has 0 bridgehead atoms. The zero-order valence-electron chi connectivity index (χ0n) is 19.5. The van der Waals surface area contributed by atoms with Crippen molar-refractivity contribution in [2.75, 3.05) is 33.5 Å². The van der Waals surface area contributed by atoms with E-state index in [0.29, 0.717) is 36.5 Å². The quantitative estimate of drug-likeness (QED) is 0.183. The minimum Gasteiger partial charge on any atom is -0.496 e. The molecule has 0 saturated heterocycles. The van der Waals surface area contributed by atoms with Gasteiger partial charge in [-0.05, 0) is 43.2 Å². The van der Waals surface area contributed by atoms with Crippen LogP contribution in [0.1, 0.15) is 23.2 Å². The average Bonchev–Trinajstić information content (AvgIpc) is 3.14. The maximum Gasteiger partial charge on any atom is 0.193 e. The molecule has 0 amide bonds. The number of aliphatic imine (C=N–C) groups is 1. The number of nitrogens with zero attached hydrogens (tertiary/aromatic N) is 5. The minimum absolute atomic E-state index is 0. The first-order valence-electron chi connectivity index (χ1n) is 10.6. The van der Waals surface area contributed by atoms with Crippen molar-refractivity contribution in [3.8, 4) is 17.5 Å². The van der Waals surface area contributed by atoms with E-state index in [1.807, 2.05) is 36.2 Å². The zero-order valence-corrected chi connectivity index (χ0v) is 21.8. The average molecular weight is 577 g/mol. The van der Waals surface area contributed by atoms with E-state index in [2.05, 4.69) is 21.5 Å². The van der Waals surface area contributed by atoms with E-state index in [1.54, 1.807) is 26.3 Å². The van der Waals surface area contributed by atoms with Crippen molar-refractivity contribution in [2.45, 2.75) is 19.4 Å². The van der Waals surface area contributed by atoms with Crippen LogP contribution in [0, 0.1) is 17.1 Å². The fraction of sp³-hybridized carbons (Fsp3) is 0.292. The Morgan fingerprint density at radius 2 is 1.97 bits per heavy atom. The van der Waals surface area contributed by atoms with Crippen molar-refractivity contribution in [2.24, 2.45) is 4.99 Å². The molecule has 1 heterocycles. The van der Waals surface area contributed by atoms with Gasteiger partial charge in [0.2, 0.25) is 0 Å². The van der Waals surface area contributed by atoms with Gasteiger partial charge in [-0.2, -0.15) is 10.4 Å². The fourth-order valence-electron chi connectivity index (χ4n) is 3.56. The summed E-state index contributed by atoms with van der Waals surface area (Å²) in [7, 11) is 5.35. The summed E-state index contributed by atoms with van der Waals surface area (Å²) in [6.45, 7) is 1.28. The minimum atomic E-state index is -0.347. The van der Waals surface area contributed by atoms with E-state index in [1.165, 1.54) is 16.8 Å². The van der Waals surface area contributed by atoms with Gasteiger partial charge in [-0.15, -0.1) is 24.0 Å². The second kappa shape index (κ2) is 12.8. The Bertz CT molecular complexity index is 1160. The first-order valence-corrected chi connectivity index (χ1v) is 10.6. The molecule has 0 atom stereocenters. The number of ether oxygens (including phenoxy) is 1. The zero-order chi connectivity index (χ0) is 23.8. The van der Waals surface area contributed by atoms with Crippen LogP contribution in [0.2, 0.25) is 0 Å². The lowest BCUT2D eigenvalue weighted by atomic mass is 10.1. The first-order chi connectivity index (χ1) is 16.0. The van der Waals surface area contributed by atoms with Gasteiger partial charge in [-0.1, -0.05) is 18.2 Å². The lowest BCUT2D eigenvalue weighted by molar-refractivity contribution is 0.396. The van der Waals surface area contributed by atoms with E-state index in [-0.39, 0.29) is 35.6 Å². The van der Waals surface area contributed by atoms with E-state index in [0.717, 1.165) is 23.7 Å². The van der Waals surface area contributed by atoms with Gasteiger partial charge in [0.15, 0.2) is 5.96 Å². The van der Waals surface area contributed by atoms with Crippen LogP contribution in [0.5, 0.6) is 5.75 Å². The summed E-state index contributed by atoms with van der Waals surface area (Å²) in [5.74, 6) is 1.48. The van der Waals surface area contributed by atoms with Crippen LogP contribution in [0.3, 0.4) is 0 Å². The van der Waals surface area contributed by atoms with Crippen LogP contribution in [-0.2, 0) is 13.0 Å². The van der Waals surface area contributed by atoms with Gasteiger partial charge < -0.3 is 20.7 Å². The highest BCUT2D eigenvalue weighted by molar-refractivity contribution is 14.0. The number of hydrogen-bond acceptors (Lipinski definition) is 5. The predicted molar refractivity (Wildman–Crippen MR) is 142 cm³/mol. The third-order valence-corrected chi connectivity index (χ3v) is 5.22. The third-order valence-electron chi connectivity index (χ3n) is 5.22. The third kappa shape index (κ3) is 6.38. The molecule has 2 aromatic carbocycles. The number of aromatic nitrogens is 2. The number of rotatable bonds is 8. The van der Waals surface area contributed by atoms with Crippen LogP contribution < -0.4 is 15.8 Å². The molecule has 0 aliphatic rings. The van der Waals surface area contributed by atoms with Crippen LogP contribution >= 0.6 is 24.0 Å². The van der Waals surface area contributed by atoms with Crippen molar-refractivity contribution in [3.63, 3.8) is 0 Å². The highest BCUT2D eigenvalue weighted by atomic mass is 127. The molecule has 180 valence electrons. The largest absolute Gasteiger partial charge is 0.496 e. The Morgan fingerprint density at radius 1 is 1.26 bits per heavy atom. The van der Waals surface area contributed by atoms with Gasteiger partial charge in [0.05, 0.1) is 18.5 Å². The predicted octanol–water partition coefficient (Wildman–Crippen LogP) is 3.73. The van der Waals surface area contributed by atoms with Gasteiger partial charge in [0.25, 0.3) is 0 Å². The molecule has 0 aliphatic heterocycles. The number of nitrogens with two attached hydrogens (primary N) is 1. The van der Waals surface area contributed by atoms with Gasteiger partial charge in [0.1, 0.15) is 29.0 Å². The standard InChI is InChI=1S/C24H28FN7O.HI/c1-28-24(31(2)16-17-7-4-5-9-22(17)33-3)29-14-6-8-21-20(15-26)23(27)32(30-21)19-12-10-18(25)11-13-19;/h4-5,7,9-13H,6,8,14,16,27H2,1-3H3,(H,28,29);1H. The molecule has 10 heteroatoms. The molecule has 0 aliphatic carbocycles. The SMILES string of the molecule is CN=C(NCCCc1nn(-c2ccc(F)cc2)c(N)c1C#N)N(C)Cc1ccccc1OC.I. The number of methoxy groups -OCH3 is 1. The molecule has 0 unspecified atom stereocenters. The van der Waals surface area contributed by atoms with Gasteiger partial charge in [-0.3, -0.25) is 4.99 Å². The number of nitriles is 1. The molecule has 3 N–H and O–H groups in total. The van der Waals surface area contributed by atoms with Crippen molar-refractivity contribution >= 4 is 35.8 Å². The van der Waals surface area contributed by atoms with Gasteiger partial charge >= 0.3 is 0 Å². The highest BCUT2D eigenvalue weighted by Crippen LogP contribution is 2.22. The lowest BCUT2D eigenvalue weighted by Gasteiger charge is -2.23. The number of nitrogens with one attached hydrogen (secondary N) is 1. The van der Waals surface area contributed by atoms with Gasteiger partial charge in [-0.25, -0.2) is 9.07 Å². The number of hydrogen-bond donors (Lipinski definition) is 2. The summed E-state index contributed by atoms with van der Waals surface area (Å²) in [5, 5.41) is 17.4. The number of benzene rings is 2. The Labute approximate surface area is 216 Å². The fourth-order valence-corrected chi connectivity index (χ4v) is 3.56. The topological polar surface area (TPSA) is 104 Å². The molecular weight excluding hydrogens is 548 g/mol.